The minimum atomic E-state index is -1.09. The number of rotatable bonds is 2. The van der Waals surface area contributed by atoms with E-state index in [1.165, 1.54) is 12.1 Å². The van der Waals surface area contributed by atoms with Crippen LogP contribution in [0.3, 0.4) is 0 Å². The van der Waals surface area contributed by atoms with Crippen molar-refractivity contribution < 1.29 is 18.4 Å². The van der Waals surface area contributed by atoms with E-state index in [4.69, 9.17) is 0 Å². The lowest BCUT2D eigenvalue weighted by Gasteiger charge is -2.22. The van der Waals surface area contributed by atoms with Crippen molar-refractivity contribution in [3.63, 3.8) is 0 Å². The number of aryl methyl sites for hydroxylation is 1. The van der Waals surface area contributed by atoms with E-state index in [1.54, 1.807) is 0 Å². The molecule has 0 radical (unpaired) electrons. The Bertz CT molecular complexity index is 868. The Kier molecular flexibility index (Phi) is 3.16. The maximum absolute atomic E-state index is 13.9. The monoisotopic (exact) mass is 328 g/mol. The van der Waals surface area contributed by atoms with E-state index >= 15 is 0 Å². The molecule has 122 valence electrons. The Morgan fingerprint density at radius 3 is 2.71 bits per heavy atom. The van der Waals surface area contributed by atoms with E-state index in [9.17, 15) is 18.4 Å². The molecule has 3 amide bonds. The molecule has 2 aromatic carbocycles. The molecule has 1 aliphatic carbocycles. The average molecular weight is 328 g/mol. The minimum absolute atomic E-state index is 0.0261. The van der Waals surface area contributed by atoms with Gasteiger partial charge in [-0.15, -0.1) is 0 Å². The molecule has 0 unspecified atom stereocenters. The van der Waals surface area contributed by atoms with Crippen LogP contribution >= 0.6 is 0 Å². The number of fused-ring (bicyclic) bond motifs is 2. The fraction of sp³-hybridized carbons (Fsp3) is 0.222. The van der Waals surface area contributed by atoms with Crippen LogP contribution in [0.5, 0.6) is 0 Å². The lowest BCUT2D eigenvalue weighted by molar-refractivity contribution is -0.132. The number of hydrogen-bond acceptors (Lipinski definition) is 2. The van der Waals surface area contributed by atoms with Gasteiger partial charge >= 0.3 is 6.03 Å². The van der Waals surface area contributed by atoms with Crippen LogP contribution in [0.1, 0.15) is 23.1 Å². The Labute approximate surface area is 137 Å². The van der Waals surface area contributed by atoms with Crippen molar-refractivity contribution in [3.8, 4) is 0 Å². The summed E-state index contributed by atoms with van der Waals surface area (Å²) in [7, 11) is 0. The van der Waals surface area contributed by atoms with Crippen molar-refractivity contribution in [3.05, 3.63) is 70.8 Å². The predicted molar refractivity (Wildman–Crippen MR) is 81.9 cm³/mol. The molecule has 4 rings (SSSR count). The van der Waals surface area contributed by atoms with E-state index in [0.29, 0.717) is 12.8 Å². The smallest absolute Gasteiger partial charge is 0.319 e. The van der Waals surface area contributed by atoms with Gasteiger partial charge in [0.2, 0.25) is 0 Å². The van der Waals surface area contributed by atoms with Gasteiger partial charge in [0.1, 0.15) is 5.54 Å². The highest BCUT2D eigenvalue weighted by Gasteiger charge is 2.55. The number of carbonyl (C=O) groups is 2. The van der Waals surface area contributed by atoms with E-state index in [1.807, 2.05) is 24.3 Å². The largest absolute Gasteiger partial charge is 0.325 e. The van der Waals surface area contributed by atoms with E-state index in [-0.39, 0.29) is 12.1 Å². The number of carbonyl (C=O) groups excluding carboxylic acids is 2. The molecule has 0 aromatic heterocycles. The Balaban J connectivity index is 1.69. The average Bonchev–Trinajstić information content (AvgIpc) is 3.06. The van der Waals surface area contributed by atoms with Gasteiger partial charge in [-0.1, -0.05) is 36.4 Å². The van der Waals surface area contributed by atoms with Gasteiger partial charge in [0.15, 0.2) is 11.6 Å². The molecule has 1 N–H and O–H groups in total. The van der Waals surface area contributed by atoms with Crippen molar-refractivity contribution >= 4 is 11.9 Å². The van der Waals surface area contributed by atoms with Crippen molar-refractivity contribution in [2.24, 2.45) is 0 Å². The minimum Gasteiger partial charge on any atom is -0.319 e. The van der Waals surface area contributed by atoms with Crippen LogP contribution in [0.25, 0.3) is 0 Å². The Morgan fingerprint density at radius 2 is 1.88 bits per heavy atom. The summed E-state index contributed by atoms with van der Waals surface area (Å²) in [5.41, 5.74) is 0.689. The number of halogens is 2. The van der Waals surface area contributed by atoms with Crippen molar-refractivity contribution in [1.29, 1.82) is 0 Å². The van der Waals surface area contributed by atoms with E-state index in [2.05, 4.69) is 5.32 Å². The summed E-state index contributed by atoms with van der Waals surface area (Å²) in [6, 6.07) is 10.6. The molecular formula is C18H14F2N2O2. The molecule has 6 heteroatoms. The van der Waals surface area contributed by atoms with Gasteiger partial charge in [0, 0.05) is 5.56 Å². The summed E-state index contributed by atoms with van der Waals surface area (Å²) in [6.07, 6.45) is 1.16. The number of urea groups is 1. The highest BCUT2D eigenvalue weighted by Crippen LogP contribution is 2.41. The number of imide groups is 1. The molecule has 2 aromatic rings. The summed E-state index contributed by atoms with van der Waals surface area (Å²) in [5, 5.41) is 2.76. The first-order valence-electron chi connectivity index (χ1n) is 7.68. The quantitative estimate of drug-likeness (QED) is 0.862. The van der Waals surface area contributed by atoms with Crippen LogP contribution in [0.15, 0.2) is 42.5 Å². The second-order valence-electron chi connectivity index (χ2n) is 6.10. The normalized spacial score (nSPS) is 22.2. The summed E-state index contributed by atoms with van der Waals surface area (Å²) in [4.78, 5) is 26.2. The van der Waals surface area contributed by atoms with E-state index in [0.717, 1.165) is 22.1 Å². The zero-order chi connectivity index (χ0) is 16.9. The second kappa shape index (κ2) is 5.12. The molecule has 1 fully saturated rings. The Morgan fingerprint density at radius 1 is 1.08 bits per heavy atom. The molecular weight excluding hydrogens is 314 g/mol. The molecule has 24 heavy (non-hydrogen) atoms. The SMILES string of the molecule is O=C1N[C@]2(CCc3ccccc32)C(=O)N1Cc1cccc(F)c1F. The van der Waals surface area contributed by atoms with Crippen LogP contribution in [0, 0.1) is 11.6 Å². The number of nitrogens with zero attached hydrogens (tertiary/aromatic N) is 1. The number of amides is 3. The zero-order valence-corrected chi connectivity index (χ0v) is 12.7. The molecule has 2 aliphatic rings. The molecule has 1 aliphatic heterocycles. The van der Waals surface area contributed by atoms with Gasteiger partial charge in [-0.3, -0.25) is 9.69 Å². The standard InChI is InChI=1S/C18H14F2N2O2/c19-14-7-3-5-12(15(14)20)10-22-16(23)18(21-17(22)24)9-8-11-4-1-2-6-13(11)18/h1-7H,8-10H2,(H,21,24)/t18-/m0/s1. The molecule has 0 bridgehead atoms. The van der Waals surface area contributed by atoms with Crippen molar-refractivity contribution in [2.45, 2.75) is 24.9 Å². The molecule has 1 spiro atoms. The number of benzene rings is 2. The van der Waals surface area contributed by atoms with Crippen LogP contribution in [-0.2, 0) is 23.3 Å². The molecule has 1 saturated heterocycles. The van der Waals surface area contributed by atoms with Crippen LogP contribution in [0.4, 0.5) is 13.6 Å². The lowest BCUT2D eigenvalue weighted by atomic mass is 9.92. The predicted octanol–water partition coefficient (Wildman–Crippen LogP) is 2.86. The van der Waals surface area contributed by atoms with Gasteiger partial charge in [0.05, 0.1) is 6.54 Å². The second-order valence-corrected chi connectivity index (χ2v) is 6.10. The van der Waals surface area contributed by atoms with Crippen molar-refractivity contribution in [2.75, 3.05) is 0 Å². The molecule has 0 saturated carbocycles. The highest BCUT2D eigenvalue weighted by atomic mass is 19.2. The zero-order valence-electron chi connectivity index (χ0n) is 12.7. The first-order valence-corrected chi connectivity index (χ1v) is 7.68. The third kappa shape index (κ3) is 1.95. The summed E-state index contributed by atoms with van der Waals surface area (Å²) < 4.78 is 27.2. The van der Waals surface area contributed by atoms with E-state index < -0.39 is 29.1 Å². The Hall–Kier alpha value is -2.76. The first kappa shape index (κ1) is 14.8. The number of hydrogen-bond donors (Lipinski definition) is 1. The van der Waals surface area contributed by atoms with Gasteiger partial charge in [-0.2, -0.15) is 0 Å². The lowest BCUT2D eigenvalue weighted by Crippen LogP contribution is -2.41. The highest BCUT2D eigenvalue weighted by molar-refractivity contribution is 6.08. The molecule has 1 atom stereocenters. The summed E-state index contributed by atoms with van der Waals surface area (Å²) in [6.45, 7) is -0.293. The summed E-state index contributed by atoms with van der Waals surface area (Å²) >= 11 is 0. The van der Waals surface area contributed by atoms with Crippen LogP contribution < -0.4 is 5.32 Å². The fourth-order valence-electron chi connectivity index (χ4n) is 3.57. The van der Waals surface area contributed by atoms with Crippen LogP contribution in [0.2, 0.25) is 0 Å². The number of nitrogens with one attached hydrogen (secondary N) is 1. The topological polar surface area (TPSA) is 49.4 Å². The fourth-order valence-corrected chi connectivity index (χ4v) is 3.57. The maximum atomic E-state index is 13.9. The third-order valence-corrected chi connectivity index (χ3v) is 4.78. The maximum Gasteiger partial charge on any atom is 0.325 e. The molecule has 1 heterocycles. The van der Waals surface area contributed by atoms with Gasteiger partial charge in [-0.05, 0) is 30.0 Å². The molecule has 4 nitrogen and oxygen atoms in total. The van der Waals surface area contributed by atoms with Gasteiger partial charge in [-0.25, -0.2) is 13.6 Å². The first-order chi connectivity index (χ1) is 11.5. The van der Waals surface area contributed by atoms with Gasteiger partial charge < -0.3 is 5.32 Å². The van der Waals surface area contributed by atoms with Gasteiger partial charge in [0.25, 0.3) is 5.91 Å². The third-order valence-electron chi connectivity index (χ3n) is 4.78. The van der Waals surface area contributed by atoms with Crippen LogP contribution in [-0.4, -0.2) is 16.8 Å². The summed E-state index contributed by atoms with van der Waals surface area (Å²) in [5.74, 6) is -2.45. The van der Waals surface area contributed by atoms with Crippen molar-refractivity contribution in [1.82, 2.24) is 10.2 Å².